The van der Waals surface area contributed by atoms with Gasteiger partial charge in [-0.05, 0) is 30.9 Å². The van der Waals surface area contributed by atoms with Gasteiger partial charge in [0.1, 0.15) is 5.52 Å². The third-order valence-corrected chi connectivity index (χ3v) is 4.87. The van der Waals surface area contributed by atoms with Crippen molar-refractivity contribution in [2.24, 2.45) is 5.92 Å². The van der Waals surface area contributed by atoms with Gasteiger partial charge >= 0.3 is 0 Å². The summed E-state index contributed by atoms with van der Waals surface area (Å²) in [5, 5.41) is 7.29. The molecule has 1 N–H and O–H groups in total. The van der Waals surface area contributed by atoms with Crippen molar-refractivity contribution in [1.82, 2.24) is 19.5 Å². The minimum absolute atomic E-state index is 0.0649. The van der Waals surface area contributed by atoms with Crippen LogP contribution in [0.5, 0.6) is 0 Å². The number of aromatic nitrogens is 3. The first-order valence-corrected chi connectivity index (χ1v) is 9.45. The summed E-state index contributed by atoms with van der Waals surface area (Å²) in [4.78, 5) is 25.6. The Morgan fingerprint density at radius 1 is 1.30 bits per heavy atom. The van der Waals surface area contributed by atoms with Crippen LogP contribution < -0.4 is 10.9 Å². The molecule has 7 heteroatoms. The molecule has 0 radical (unpaired) electrons. The number of hydrogen-bond donors (Lipinski definition) is 1. The van der Waals surface area contributed by atoms with E-state index in [1.807, 2.05) is 24.3 Å². The minimum atomic E-state index is -0.284. The number of benzene rings is 1. The molecule has 0 saturated carbocycles. The van der Waals surface area contributed by atoms with Gasteiger partial charge in [0.25, 0.3) is 11.5 Å². The third kappa shape index (κ3) is 3.35. The smallest absolute Gasteiger partial charge is 0.277 e. The molecular formula is C20H24N4O3. The van der Waals surface area contributed by atoms with Gasteiger partial charge < -0.3 is 14.6 Å². The number of carbonyl (C=O) groups is 1. The zero-order valence-corrected chi connectivity index (χ0v) is 15.6. The highest BCUT2D eigenvalue weighted by molar-refractivity contribution is 5.94. The van der Waals surface area contributed by atoms with Crippen LogP contribution in [0.15, 0.2) is 35.1 Å². The van der Waals surface area contributed by atoms with E-state index in [0.29, 0.717) is 24.5 Å². The van der Waals surface area contributed by atoms with E-state index in [0.717, 1.165) is 30.5 Å². The van der Waals surface area contributed by atoms with E-state index in [9.17, 15) is 9.59 Å². The zero-order valence-electron chi connectivity index (χ0n) is 15.6. The lowest BCUT2D eigenvalue weighted by Crippen LogP contribution is -2.32. The maximum atomic E-state index is 13.0. The number of fused-ring (bicyclic) bond motifs is 3. The number of carbonyl (C=O) groups excluding carboxylic acids is 1. The van der Waals surface area contributed by atoms with E-state index in [1.54, 1.807) is 15.1 Å². The van der Waals surface area contributed by atoms with Crippen LogP contribution in [0.2, 0.25) is 0 Å². The van der Waals surface area contributed by atoms with Crippen LogP contribution in [0.1, 0.15) is 37.2 Å². The fourth-order valence-corrected chi connectivity index (χ4v) is 3.60. The van der Waals surface area contributed by atoms with Crippen LogP contribution >= 0.6 is 0 Å². The Hall–Kier alpha value is -2.67. The predicted molar refractivity (Wildman–Crippen MR) is 103 cm³/mol. The Morgan fingerprint density at radius 3 is 2.78 bits per heavy atom. The Morgan fingerprint density at radius 2 is 2.07 bits per heavy atom. The van der Waals surface area contributed by atoms with Gasteiger partial charge in [-0.15, -0.1) is 0 Å². The second-order valence-corrected chi connectivity index (χ2v) is 7.47. The summed E-state index contributed by atoms with van der Waals surface area (Å²) in [6, 6.07) is 9.22. The zero-order chi connectivity index (χ0) is 19.0. The quantitative estimate of drug-likeness (QED) is 0.749. The van der Waals surface area contributed by atoms with Gasteiger partial charge in [0.05, 0.1) is 17.1 Å². The van der Waals surface area contributed by atoms with E-state index in [-0.39, 0.29) is 23.3 Å². The van der Waals surface area contributed by atoms with Crippen LogP contribution in [0.3, 0.4) is 0 Å². The highest BCUT2D eigenvalue weighted by atomic mass is 16.5. The number of nitrogens with zero attached hydrogens (tertiary/aromatic N) is 3. The molecule has 4 rings (SSSR count). The van der Waals surface area contributed by atoms with E-state index >= 15 is 0 Å². The average Bonchev–Trinajstić information content (AvgIpc) is 3.33. The Bertz CT molecular complexity index is 1040. The lowest BCUT2D eigenvalue weighted by molar-refractivity contribution is 0.0853. The van der Waals surface area contributed by atoms with Crippen molar-refractivity contribution in [2.45, 2.75) is 39.3 Å². The SMILES string of the molecule is CC(C)Cn1c(=O)c2cc(C(=O)NC[C@@H]3CCCO3)nn2c2ccccc21. The molecule has 142 valence electrons. The first kappa shape index (κ1) is 17.7. The van der Waals surface area contributed by atoms with E-state index in [2.05, 4.69) is 24.3 Å². The molecule has 1 amide bonds. The molecular weight excluding hydrogens is 344 g/mol. The topological polar surface area (TPSA) is 77.6 Å². The summed E-state index contributed by atoms with van der Waals surface area (Å²) in [7, 11) is 0. The molecule has 7 nitrogen and oxygen atoms in total. The predicted octanol–water partition coefficient (Wildman–Crippen LogP) is 2.21. The molecule has 1 aromatic carbocycles. The molecule has 2 aromatic heterocycles. The number of ether oxygens (including phenoxy) is 1. The van der Waals surface area contributed by atoms with Gasteiger partial charge in [-0.3, -0.25) is 9.59 Å². The molecule has 0 spiro atoms. The molecule has 3 aromatic rings. The molecule has 0 bridgehead atoms. The molecule has 1 aliphatic heterocycles. The van der Waals surface area contributed by atoms with Gasteiger partial charge in [0, 0.05) is 25.8 Å². The molecule has 3 heterocycles. The second kappa shape index (κ2) is 7.15. The van der Waals surface area contributed by atoms with Crippen LogP contribution in [0.4, 0.5) is 0 Å². The molecule has 1 aliphatic rings. The van der Waals surface area contributed by atoms with Gasteiger partial charge in [-0.25, -0.2) is 4.52 Å². The lowest BCUT2D eigenvalue weighted by Gasteiger charge is -2.13. The van der Waals surface area contributed by atoms with Crippen LogP contribution in [0.25, 0.3) is 16.6 Å². The van der Waals surface area contributed by atoms with E-state index in [4.69, 9.17) is 4.74 Å². The summed E-state index contributed by atoms with van der Waals surface area (Å²) < 4.78 is 8.88. The maximum absolute atomic E-state index is 13.0. The number of para-hydroxylation sites is 2. The first-order chi connectivity index (χ1) is 13.0. The Balaban J connectivity index is 1.74. The number of rotatable bonds is 5. The molecule has 1 fully saturated rings. The Kier molecular flexibility index (Phi) is 4.70. The van der Waals surface area contributed by atoms with Gasteiger partial charge in [0.15, 0.2) is 5.69 Å². The van der Waals surface area contributed by atoms with Crippen molar-refractivity contribution in [3.63, 3.8) is 0 Å². The van der Waals surface area contributed by atoms with E-state index < -0.39 is 0 Å². The highest BCUT2D eigenvalue weighted by Gasteiger charge is 2.20. The summed E-state index contributed by atoms with van der Waals surface area (Å²) in [5.74, 6) is 0.0405. The Labute approximate surface area is 156 Å². The molecule has 0 aliphatic carbocycles. The maximum Gasteiger partial charge on any atom is 0.277 e. The number of amides is 1. The average molecular weight is 368 g/mol. The summed E-state index contributed by atoms with van der Waals surface area (Å²) in [6.45, 7) is 5.97. The van der Waals surface area contributed by atoms with Crippen molar-refractivity contribution in [3.8, 4) is 0 Å². The second-order valence-electron chi connectivity index (χ2n) is 7.47. The van der Waals surface area contributed by atoms with Gasteiger partial charge in [-0.1, -0.05) is 26.0 Å². The third-order valence-electron chi connectivity index (χ3n) is 4.87. The molecule has 1 atom stereocenters. The molecule has 27 heavy (non-hydrogen) atoms. The lowest BCUT2D eigenvalue weighted by atomic mass is 10.2. The summed E-state index contributed by atoms with van der Waals surface area (Å²) >= 11 is 0. The standard InChI is InChI=1S/C20H24N4O3/c1-13(2)12-23-16-7-3-4-8-17(16)24-18(20(23)26)10-15(22-24)19(25)21-11-14-6-5-9-27-14/h3-4,7-8,10,13-14H,5-6,9,11-12H2,1-2H3,(H,21,25)/t14-/m0/s1. The van der Waals surface area contributed by atoms with Crippen molar-refractivity contribution < 1.29 is 9.53 Å². The van der Waals surface area contributed by atoms with Crippen LogP contribution in [-0.4, -0.2) is 39.3 Å². The van der Waals surface area contributed by atoms with Gasteiger partial charge in [0.2, 0.25) is 0 Å². The highest BCUT2D eigenvalue weighted by Crippen LogP contribution is 2.16. The largest absolute Gasteiger partial charge is 0.376 e. The summed E-state index contributed by atoms with van der Waals surface area (Å²) in [5.41, 5.74) is 2.16. The van der Waals surface area contributed by atoms with E-state index in [1.165, 1.54) is 0 Å². The summed E-state index contributed by atoms with van der Waals surface area (Å²) in [6.07, 6.45) is 2.04. The fourth-order valence-electron chi connectivity index (χ4n) is 3.60. The number of hydrogen-bond acceptors (Lipinski definition) is 4. The van der Waals surface area contributed by atoms with Gasteiger partial charge in [-0.2, -0.15) is 5.10 Å². The minimum Gasteiger partial charge on any atom is -0.376 e. The van der Waals surface area contributed by atoms with Crippen molar-refractivity contribution in [2.75, 3.05) is 13.2 Å². The van der Waals surface area contributed by atoms with Crippen molar-refractivity contribution in [1.29, 1.82) is 0 Å². The monoisotopic (exact) mass is 368 g/mol. The van der Waals surface area contributed by atoms with Crippen LogP contribution in [0, 0.1) is 5.92 Å². The number of nitrogens with one attached hydrogen (secondary N) is 1. The molecule has 0 unspecified atom stereocenters. The molecule has 1 saturated heterocycles. The van der Waals surface area contributed by atoms with Crippen molar-refractivity contribution >= 4 is 22.5 Å². The first-order valence-electron chi connectivity index (χ1n) is 9.45. The van der Waals surface area contributed by atoms with Crippen LogP contribution in [-0.2, 0) is 11.3 Å². The van der Waals surface area contributed by atoms with Crippen molar-refractivity contribution in [3.05, 3.63) is 46.4 Å². The fraction of sp³-hybridized carbons (Fsp3) is 0.450. The normalized spacial score (nSPS) is 17.2.